The second kappa shape index (κ2) is 10.3. The van der Waals surface area contributed by atoms with Crippen LogP contribution in [0.1, 0.15) is 27.0 Å². The smallest absolute Gasteiger partial charge is 0.379 e. The van der Waals surface area contributed by atoms with Crippen LogP contribution in [0, 0.1) is 6.92 Å². The minimum Gasteiger partial charge on any atom is -0.379 e. The summed E-state index contributed by atoms with van der Waals surface area (Å²) < 4.78 is 46.9. The van der Waals surface area contributed by atoms with Crippen LogP contribution in [-0.2, 0) is 17.5 Å². The van der Waals surface area contributed by atoms with E-state index in [1.54, 1.807) is 18.5 Å². The zero-order chi connectivity index (χ0) is 26.0. The monoisotopic (exact) mass is 506 g/mol. The summed E-state index contributed by atoms with van der Waals surface area (Å²) in [5, 5.41) is 12.5. The number of amides is 1. The molecule has 6 nitrogen and oxygen atoms in total. The Balaban J connectivity index is 1.39. The third-order valence-corrected chi connectivity index (χ3v) is 6.53. The molecule has 0 unspecified atom stereocenters. The molecule has 2 heterocycles. The third-order valence-electron chi connectivity index (χ3n) is 6.53. The summed E-state index contributed by atoms with van der Waals surface area (Å²) in [7, 11) is 0. The first-order valence-electron chi connectivity index (χ1n) is 11.9. The summed E-state index contributed by atoms with van der Waals surface area (Å²) in [4.78, 5) is 14.9. The Kier molecular flexibility index (Phi) is 6.90. The number of aromatic nitrogens is 2. The van der Waals surface area contributed by atoms with Gasteiger partial charge in [0.2, 0.25) is 0 Å². The van der Waals surface area contributed by atoms with E-state index in [1.807, 2.05) is 42.2 Å². The molecule has 5 rings (SSSR count). The highest BCUT2D eigenvalue weighted by molar-refractivity contribution is 6.05. The van der Waals surface area contributed by atoms with Gasteiger partial charge in [-0.1, -0.05) is 24.3 Å². The highest BCUT2D eigenvalue weighted by Crippen LogP contribution is 2.34. The quantitative estimate of drug-likeness (QED) is 0.376. The Labute approximate surface area is 212 Å². The van der Waals surface area contributed by atoms with E-state index in [-0.39, 0.29) is 17.7 Å². The lowest BCUT2D eigenvalue weighted by Crippen LogP contribution is -2.36. The molecule has 4 aromatic rings. The van der Waals surface area contributed by atoms with Crippen LogP contribution in [0.25, 0.3) is 21.9 Å². The van der Waals surface area contributed by atoms with Crippen LogP contribution >= 0.6 is 0 Å². The number of hydrogen-bond acceptors (Lipinski definition) is 5. The van der Waals surface area contributed by atoms with Crippen LogP contribution in [-0.4, -0.2) is 47.3 Å². The number of aryl methyl sites for hydroxylation is 1. The largest absolute Gasteiger partial charge is 0.416 e. The number of benzene rings is 3. The van der Waals surface area contributed by atoms with E-state index < -0.39 is 17.6 Å². The molecule has 1 aliphatic heterocycles. The van der Waals surface area contributed by atoms with Gasteiger partial charge < -0.3 is 10.1 Å². The van der Waals surface area contributed by atoms with Crippen molar-refractivity contribution < 1.29 is 22.7 Å². The Hall–Kier alpha value is -3.82. The zero-order valence-electron chi connectivity index (χ0n) is 20.2. The molecule has 0 bridgehead atoms. The average Bonchev–Trinajstić information content (AvgIpc) is 2.89. The number of hydrogen-bond donors (Lipinski definition) is 1. The van der Waals surface area contributed by atoms with Crippen molar-refractivity contribution in [3.63, 3.8) is 0 Å². The van der Waals surface area contributed by atoms with Gasteiger partial charge in [-0.2, -0.15) is 23.4 Å². The number of anilines is 1. The molecule has 3 aromatic carbocycles. The normalized spacial score (nSPS) is 14.6. The van der Waals surface area contributed by atoms with Crippen LogP contribution in [0.15, 0.2) is 67.0 Å². The van der Waals surface area contributed by atoms with Crippen molar-refractivity contribution in [2.24, 2.45) is 0 Å². The van der Waals surface area contributed by atoms with Crippen molar-refractivity contribution in [1.29, 1.82) is 0 Å². The van der Waals surface area contributed by atoms with E-state index in [2.05, 4.69) is 15.5 Å². The summed E-state index contributed by atoms with van der Waals surface area (Å²) >= 11 is 0. The van der Waals surface area contributed by atoms with E-state index in [0.717, 1.165) is 33.5 Å². The first-order valence-corrected chi connectivity index (χ1v) is 11.9. The van der Waals surface area contributed by atoms with E-state index in [0.29, 0.717) is 32.0 Å². The maximum absolute atomic E-state index is 13.9. The standard InChI is InChI=1S/C28H25F3N4O2/c1-18-2-7-24(14-25(18)19-3-5-21-15-32-33-16-23(21)12-19)34-27(36)20-4-6-22(26(13-20)28(29,30)31)17-35-8-10-37-11-9-35/h2-7,12-16H,8-11,17H2,1H3,(H,34,36). The molecule has 1 N–H and O–H groups in total. The van der Waals surface area contributed by atoms with Gasteiger partial charge in [0.15, 0.2) is 0 Å². The fourth-order valence-corrected chi connectivity index (χ4v) is 4.50. The number of rotatable bonds is 5. The fraction of sp³-hybridized carbons (Fsp3) is 0.250. The lowest BCUT2D eigenvalue weighted by atomic mass is 9.98. The van der Waals surface area contributed by atoms with Crippen molar-refractivity contribution in [3.8, 4) is 11.1 Å². The number of nitrogens with one attached hydrogen (secondary N) is 1. The number of fused-ring (bicyclic) bond motifs is 1. The number of nitrogens with zero attached hydrogens (tertiary/aromatic N) is 3. The number of ether oxygens (including phenoxy) is 1. The van der Waals surface area contributed by atoms with Crippen LogP contribution in [0.4, 0.5) is 18.9 Å². The van der Waals surface area contributed by atoms with E-state index in [9.17, 15) is 18.0 Å². The Morgan fingerprint density at radius 1 is 0.973 bits per heavy atom. The van der Waals surface area contributed by atoms with Crippen molar-refractivity contribution >= 4 is 22.4 Å². The maximum Gasteiger partial charge on any atom is 0.416 e. The third kappa shape index (κ3) is 5.63. The number of carbonyl (C=O) groups is 1. The summed E-state index contributed by atoms with van der Waals surface area (Å²) in [6.45, 7) is 4.23. The van der Waals surface area contributed by atoms with Crippen LogP contribution < -0.4 is 5.32 Å². The highest BCUT2D eigenvalue weighted by atomic mass is 19.4. The number of carbonyl (C=O) groups excluding carboxylic acids is 1. The molecule has 0 spiro atoms. The molecule has 1 aliphatic rings. The summed E-state index contributed by atoms with van der Waals surface area (Å²) in [6.07, 6.45) is -1.21. The van der Waals surface area contributed by atoms with Crippen molar-refractivity contribution in [2.75, 3.05) is 31.6 Å². The van der Waals surface area contributed by atoms with Gasteiger partial charge in [-0.15, -0.1) is 0 Å². The van der Waals surface area contributed by atoms with Gasteiger partial charge in [-0.25, -0.2) is 0 Å². The van der Waals surface area contributed by atoms with E-state index >= 15 is 0 Å². The molecule has 0 atom stereocenters. The molecule has 1 aromatic heterocycles. The van der Waals surface area contributed by atoms with Gasteiger partial charge in [-0.05, 0) is 59.5 Å². The molecule has 0 radical (unpaired) electrons. The predicted molar refractivity (Wildman–Crippen MR) is 135 cm³/mol. The molecule has 1 saturated heterocycles. The maximum atomic E-state index is 13.9. The Morgan fingerprint density at radius 2 is 1.73 bits per heavy atom. The molecule has 1 fully saturated rings. The van der Waals surface area contributed by atoms with Crippen molar-refractivity contribution in [3.05, 3.63) is 89.2 Å². The zero-order valence-corrected chi connectivity index (χ0v) is 20.2. The fourth-order valence-electron chi connectivity index (χ4n) is 4.50. The molecule has 0 saturated carbocycles. The molecule has 1 amide bonds. The second-order valence-electron chi connectivity index (χ2n) is 9.07. The molecule has 9 heteroatoms. The topological polar surface area (TPSA) is 67.4 Å². The summed E-state index contributed by atoms with van der Waals surface area (Å²) in [5.74, 6) is -0.605. The van der Waals surface area contributed by atoms with Gasteiger partial charge in [0.1, 0.15) is 0 Å². The first kappa shape index (κ1) is 24.9. The van der Waals surface area contributed by atoms with Crippen molar-refractivity contribution in [2.45, 2.75) is 19.6 Å². The molecule has 37 heavy (non-hydrogen) atoms. The van der Waals surface area contributed by atoms with Crippen LogP contribution in [0.5, 0.6) is 0 Å². The SMILES string of the molecule is Cc1ccc(NC(=O)c2ccc(CN3CCOCC3)c(C(F)(F)F)c2)cc1-c1ccc2cnncc2c1. The Bertz CT molecular complexity index is 1450. The summed E-state index contributed by atoms with van der Waals surface area (Å²) in [5.41, 5.74) is 2.61. The summed E-state index contributed by atoms with van der Waals surface area (Å²) in [6, 6.07) is 15.1. The van der Waals surface area contributed by atoms with Gasteiger partial charge in [0, 0.05) is 41.7 Å². The number of halogens is 3. The predicted octanol–water partition coefficient (Wildman–Crippen LogP) is 5.71. The molecule has 190 valence electrons. The molecular formula is C28H25F3N4O2. The lowest BCUT2D eigenvalue weighted by Gasteiger charge is -2.27. The van der Waals surface area contributed by atoms with Gasteiger partial charge in [0.05, 0.1) is 31.2 Å². The van der Waals surface area contributed by atoms with E-state index in [4.69, 9.17) is 4.74 Å². The Morgan fingerprint density at radius 3 is 2.49 bits per heavy atom. The first-order chi connectivity index (χ1) is 17.8. The van der Waals surface area contributed by atoms with E-state index in [1.165, 1.54) is 12.1 Å². The number of alkyl halides is 3. The number of morpholine rings is 1. The average molecular weight is 507 g/mol. The lowest BCUT2D eigenvalue weighted by molar-refractivity contribution is -0.138. The van der Waals surface area contributed by atoms with Gasteiger partial charge in [0.25, 0.3) is 5.91 Å². The van der Waals surface area contributed by atoms with Gasteiger partial charge in [-0.3, -0.25) is 9.69 Å². The minimum absolute atomic E-state index is 0.0514. The van der Waals surface area contributed by atoms with Gasteiger partial charge >= 0.3 is 6.18 Å². The second-order valence-corrected chi connectivity index (χ2v) is 9.07. The van der Waals surface area contributed by atoms with Crippen LogP contribution in [0.2, 0.25) is 0 Å². The molecule has 0 aliphatic carbocycles. The van der Waals surface area contributed by atoms with Crippen LogP contribution in [0.3, 0.4) is 0 Å². The minimum atomic E-state index is -4.57. The highest BCUT2D eigenvalue weighted by Gasteiger charge is 2.34. The molecular weight excluding hydrogens is 481 g/mol. The van der Waals surface area contributed by atoms with Crippen molar-refractivity contribution in [1.82, 2.24) is 15.1 Å².